The molecule has 1 aromatic carbocycles. The molecule has 0 fully saturated rings. The molecule has 0 radical (unpaired) electrons. The summed E-state index contributed by atoms with van der Waals surface area (Å²) in [7, 11) is 0. The van der Waals surface area contributed by atoms with Gasteiger partial charge in [-0.3, -0.25) is 9.59 Å². The Balaban J connectivity index is 1.79. The van der Waals surface area contributed by atoms with E-state index >= 15 is 0 Å². The van der Waals surface area contributed by atoms with Crippen LogP contribution in [0.2, 0.25) is 5.02 Å². The fourth-order valence-electron chi connectivity index (χ4n) is 1.92. The predicted molar refractivity (Wildman–Crippen MR) is 92.2 cm³/mol. The maximum Gasteiger partial charge on any atom is 0.226 e. The Kier molecular flexibility index (Phi) is 6.67. The Morgan fingerprint density at radius 2 is 1.91 bits per heavy atom. The van der Waals surface area contributed by atoms with Gasteiger partial charge < -0.3 is 5.32 Å². The molecule has 122 valence electrons. The third-order valence-electron chi connectivity index (χ3n) is 3.20. The first-order valence-electron chi connectivity index (χ1n) is 7.49. The van der Waals surface area contributed by atoms with Crippen LogP contribution in [0.4, 0.5) is 5.13 Å². The van der Waals surface area contributed by atoms with Gasteiger partial charge in [0.1, 0.15) is 5.01 Å². The van der Waals surface area contributed by atoms with Gasteiger partial charge in [-0.05, 0) is 30.7 Å². The number of Topliss-reactive ketones (excluding diaryl/α,β-unsaturated/α-hetero) is 1. The normalized spacial score (nSPS) is 10.5. The summed E-state index contributed by atoms with van der Waals surface area (Å²) < 4.78 is 0. The van der Waals surface area contributed by atoms with Crippen LogP contribution in [0.1, 0.15) is 48.0 Å². The summed E-state index contributed by atoms with van der Waals surface area (Å²) in [6.45, 7) is 2.11. The molecule has 0 saturated carbocycles. The van der Waals surface area contributed by atoms with E-state index in [1.165, 1.54) is 11.3 Å². The lowest BCUT2D eigenvalue weighted by Gasteiger charge is -2.02. The highest BCUT2D eigenvalue weighted by molar-refractivity contribution is 7.15. The zero-order valence-electron chi connectivity index (χ0n) is 12.8. The first-order valence-corrected chi connectivity index (χ1v) is 8.69. The molecule has 0 aliphatic rings. The number of rotatable bonds is 8. The van der Waals surface area contributed by atoms with Gasteiger partial charge in [0.25, 0.3) is 0 Å². The van der Waals surface area contributed by atoms with Crippen molar-refractivity contribution < 1.29 is 9.59 Å². The topological polar surface area (TPSA) is 72.0 Å². The first-order chi connectivity index (χ1) is 11.1. The summed E-state index contributed by atoms with van der Waals surface area (Å²) in [5, 5.41) is 12.6. The average Bonchev–Trinajstić information content (AvgIpc) is 2.98. The lowest BCUT2D eigenvalue weighted by atomic mass is 10.1. The zero-order valence-corrected chi connectivity index (χ0v) is 14.4. The van der Waals surface area contributed by atoms with Gasteiger partial charge in [0.05, 0.1) is 0 Å². The van der Waals surface area contributed by atoms with Crippen molar-refractivity contribution in [2.75, 3.05) is 5.32 Å². The minimum absolute atomic E-state index is 0.0854. The standard InChI is InChI=1S/C16H18ClN3O2S/c1-2-3-4-15-19-20-16(23-15)18-14(22)10-9-13(21)11-5-7-12(17)8-6-11/h5-8H,2-4,9-10H2,1H3,(H,18,20,22). The molecule has 7 heteroatoms. The highest BCUT2D eigenvalue weighted by atomic mass is 35.5. The van der Waals surface area contributed by atoms with Gasteiger partial charge >= 0.3 is 0 Å². The molecule has 0 saturated heterocycles. The second-order valence-electron chi connectivity index (χ2n) is 5.08. The number of aromatic nitrogens is 2. The first kappa shape index (κ1) is 17.6. The molecule has 1 heterocycles. The smallest absolute Gasteiger partial charge is 0.226 e. The second kappa shape index (κ2) is 8.74. The molecule has 1 amide bonds. The number of hydrogen-bond donors (Lipinski definition) is 1. The minimum Gasteiger partial charge on any atom is -0.301 e. The van der Waals surface area contributed by atoms with Crippen molar-refractivity contribution in [1.82, 2.24) is 10.2 Å². The number of aryl methyl sites for hydroxylation is 1. The molecule has 5 nitrogen and oxygen atoms in total. The molecular formula is C16H18ClN3O2S. The number of nitrogens with zero attached hydrogens (tertiary/aromatic N) is 2. The van der Waals surface area contributed by atoms with E-state index in [9.17, 15) is 9.59 Å². The quantitative estimate of drug-likeness (QED) is 0.725. The van der Waals surface area contributed by atoms with E-state index in [1.807, 2.05) is 0 Å². The van der Waals surface area contributed by atoms with Gasteiger partial charge in [0.2, 0.25) is 11.0 Å². The predicted octanol–water partition coefficient (Wildman–Crippen LogP) is 4.14. The molecule has 2 aromatic rings. The summed E-state index contributed by atoms with van der Waals surface area (Å²) in [6.07, 6.45) is 3.28. The Morgan fingerprint density at radius 3 is 2.61 bits per heavy atom. The van der Waals surface area contributed by atoms with Crippen LogP contribution in [0.25, 0.3) is 0 Å². The number of halogens is 1. The van der Waals surface area contributed by atoms with E-state index in [0.29, 0.717) is 15.7 Å². The number of nitrogens with one attached hydrogen (secondary N) is 1. The van der Waals surface area contributed by atoms with Crippen molar-refractivity contribution in [2.45, 2.75) is 39.0 Å². The van der Waals surface area contributed by atoms with E-state index in [2.05, 4.69) is 22.4 Å². The zero-order chi connectivity index (χ0) is 16.7. The van der Waals surface area contributed by atoms with Gasteiger partial charge in [-0.25, -0.2) is 0 Å². The van der Waals surface area contributed by atoms with Gasteiger partial charge in [-0.1, -0.05) is 36.3 Å². The Morgan fingerprint density at radius 1 is 1.17 bits per heavy atom. The molecule has 23 heavy (non-hydrogen) atoms. The van der Waals surface area contributed by atoms with Crippen LogP contribution in [0.3, 0.4) is 0 Å². The molecule has 1 N–H and O–H groups in total. The molecule has 0 spiro atoms. The van der Waals surface area contributed by atoms with E-state index in [-0.39, 0.29) is 24.5 Å². The lowest BCUT2D eigenvalue weighted by Crippen LogP contribution is -2.13. The van der Waals surface area contributed by atoms with Gasteiger partial charge in [0.15, 0.2) is 5.78 Å². The lowest BCUT2D eigenvalue weighted by molar-refractivity contribution is -0.116. The Hall–Kier alpha value is -1.79. The minimum atomic E-state index is -0.231. The van der Waals surface area contributed by atoms with E-state index in [1.54, 1.807) is 24.3 Å². The highest BCUT2D eigenvalue weighted by Crippen LogP contribution is 2.18. The summed E-state index contributed by atoms with van der Waals surface area (Å²) in [6, 6.07) is 6.64. The molecular weight excluding hydrogens is 334 g/mol. The fourth-order valence-corrected chi connectivity index (χ4v) is 2.85. The molecule has 0 aliphatic heterocycles. The summed E-state index contributed by atoms with van der Waals surface area (Å²) in [4.78, 5) is 23.9. The Bertz CT molecular complexity index is 670. The number of benzene rings is 1. The molecule has 1 aromatic heterocycles. The maximum absolute atomic E-state index is 12.0. The number of anilines is 1. The second-order valence-corrected chi connectivity index (χ2v) is 6.58. The van der Waals surface area contributed by atoms with Gasteiger partial charge in [-0.15, -0.1) is 10.2 Å². The third kappa shape index (κ3) is 5.73. The number of carbonyl (C=O) groups is 2. The van der Waals surface area contributed by atoms with Crippen LogP contribution < -0.4 is 5.32 Å². The molecule has 0 bridgehead atoms. The molecule has 2 rings (SSSR count). The Labute approximate surface area is 144 Å². The van der Waals surface area contributed by atoms with Crippen molar-refractivity contribution in [2.24, 2.45) is 0 Å². The monoisotopic (exact) mass is 351 g/mol. The van der Waals surface area contributed by atoms with Crippen LogP contribution in [-0.4, -0.2) is 21.9 Å². The summed E-state index contributed by atoms with van der Waals surface area (Å²) in [5.41, 5.74) is 0.556. The molecule has 0 atom stereocenters. The number of unbranched alkanes of at least 4 members (excludes halogenated alkanes) is 1. The van der Waals surface area contributed by atoms with Gasteiger partial charge in [0, 0.05) is 29.8 Å². The molecule has 0 unspecified atom stereocenters. The van der Waals surface area contributed by atoms with Crippen LogP contribution in [0.5, 0.6) is 0 Å². The summed E-state index contributed by atoms with van der Waals surface area (Å²) in [5.74, 6) is -0.316. The largest absolute Gasteiger partial charge is 0.301 e. The molecule has 0 aliphatic carbocycles. The van der Waals surface area contributed by atoms with E-state index in [4.69, 9.17) is 11.6 Å². The van der Waals surface area contributed by atoms with Crippen molar-refractivity contribution in [3.8, 4) is 0 Å². The van der Waals surface area contributed by atoms with Crippen molar-refractivity contribution in [1.29, 1.82) is 0 Å². The number of amides is 1. The third-order valence-corrected chi connectivity index (χ3v) is 4.35. The van der Waals surface area contributed by atoms with Crippen molar-refractivity contribution >= 4 is 39.8 Å². The van der Waals surface area contributed by atoms with Crippen molar-refractivity contribution in [3.05, 3.63) is 39.9 Å². The SMILES string of the molecule is CCCCc1nnc(NC(=O)CCC(=O)c2ccc(Cl)cc2)s1. The van der Waals surface area contributed by atoms with Crippen LogP contribution in [0, 0.1) is 0 Å². The highest BCUT2D eigenvalue weighted by Gasteiger charge is 2.11. The van der Waals surface area contributed by atoms with E-state index < -0.39 is 0 Å². The fraction of sp³-hybridized carbons (Fsp3) is 0.375. The van der Waals surface area contributed by atoms with E-state index in [0.717, 1.165) is 24.3 Å². The summed E-state index contributed by atoms with van der Waals surface area (Å²) >= 11 is 7.16. The number of hydrogen-bond acceptors (Lipinski definition) is 5. The van der Waals surface area contributed by atoms with Crippen LogP contribution >= 0.6 is 22.9 Å². The maximum atomic E-state index is 12.0. The van der Waals surface area contributed by atoms with Crippen molar-refractivity contribution in [3.63, 3.8) is 0 Å². The van der Waals surface area contributed by atoms with Crippen LogP contribution in [0.15, 0.2) is 24.3 Å². The van der Waals surface area contributed by atoms with Gasteiger partial charge in [-0.2, -0.15) is 0 Å². The number of carbonyl (C=O) groups excluding carboxylic acids is 2. The van der Waals surface area contributed by atoms with Crippen LogP contribution in [-0.2, 0) is 11.2 Å². The number of ketones is 1. The average molecular weight is 352 g/mol.